The minimum atomic E-state index is -3.02. The minimum Gasteiger partial charge on any atom is -0.315 e. The summed E-state index contributed by atoms with van der Waals surface area (Å²) < 4.78 is 23.9. The third kappa shape index (κ3) is 2.79. The number of hydrogen-bond acceptors (Lipinski definition) is 4. The monoisotopic (exact) mass is 338 g/mol. The normalized spacial score (nSPS) is 28.1. The van der Waals surface area contributed by atoms with E-state index in [4.69, 9.17) is 0 Å². The van der Waals surface area contributed by atoms with E-state index in [2.05, 4.69) is 4.99 Å². The van der Waals surface area contributed by atoms with Gasteiger partial charge in [-0.15, -0.1) is 0 Å². The van der Waals surface area contributed by atoms with E-state index in [0.717, 1.165) is 11.3 Å². The van der Waals surface area contributed by atoms with Crippen molar-refractivity contribution in [2.24, 2.45) is 4.99 Å². The summed E-state index contributed by atoms with van der Waals surface area (Å²) in [6.45, 7) is 3.76. The van der Waals surface area contributed by atoms with Gasteiger partial charge in [0.15, 0.2) is 15.0 Å². The lowest BCUT2D eigenvalue weighted by Crippen LogP contribution is -2.38. The van der Waals surface area contributed by atoms with E-state index in [-0.39, 0.29) is 28.7 Å². The second-order valence-corrected chi connectivity index (χ2v) is 8.96. The lowest BCUT2D eigenvalue weighted by atomic mass is 10.1. The Morgan fingerprint density at radius 3 is 2.77 bits per heavy atom. The van der Waals surface area contributed by atoms with Crippen LogP contribution < -0.4 is 4.90 Å². The molecule has 0 aliphatic carbocycles. The van der Waals surface area contributed by atoms with Crippen molar-refractivity contribution >= 4 is 38.4 Å². The molecule has 0 bridgehead atoms. The first kappa shape index (κ1) is 15.6. The Morgan fingerprint density at radius 2 is 2.09 bits per heavy atom. The first-order valence-electron chi connectivity index (χ1n) is 7.25. The standard InChI is InChI=1S/C15H18N2O3S2/c1-3-14(18)16-15-17(11-7-5-4-6-10(11)2)12-8-22(19,20)9-13(12)21-15/h4-7,12-13H,3,8-9H2,1-2H3/t12-,13+/m1/s1. The highest BCUT2D eigenvalue weighted by atomic mass is 32.2. The van der Waals surface area contributed by atoms with Gasteiger partial charge in [0.1, 0.15) is 0 Å². The number of rotatable bonds is 2. The van der Waals surface area contributed by atoms with Crippen LogP contribution in [0.25, 0.3) is 0 Å². The number of aliphatic imine (C=N–C) groups is 1. The van der Waals surface area contributed by atoms with Crippen LogP contribution in [0, 0.1) is 6.92 Å². The van der Waals surface area contributed by atoms with E-state index in [9.17, 15) is 13.2 Å². The number of hydrogen-bond donors (Lipinski definition) is 0. The van der Waals surface area contributed by atoms with Crippen LogP contribution in [-0.4, -0.2) is 42.3 Å². The van der Waals surface area contributed by atoms with Crippen molar-refractivity contribution in [2.45, 2.75) is 31.6 Å². The predicted molar refractivity (Wildman–Crippen MR) is 90.2 cm³/mol. The number of carbonyl (C=O) groups is 1. The van der Waals surface area contributed by atoms with Gasteiger partial charge in [0, 0.05) is 17.4 Å². The highest BCUT2D eigenvalue weighted by Crippen LogP contribution is 2.41. The van der Waals surface area contributed by atoms with Crippen molar-refractivity contribution in [3.63, 3.8) is 0 Å². The van der Waals surface area contributed by atoms with Gasteiger partial charge in [-0.3, -0.25) is 4.79 Å². The number of anilines is 1. The highest BCUT2D eigenvalue weighted by Gasteiger charge is 2.49. The van der Waals surface area contributed by atoms with Crippen LogP contribution in [0.3, 0.4) is 0 Å². The van der Waals surface area contributed by atoms with Gasteiger partial charge >= 0.3 is 0 Å². The Hall–Kier alpha value is -1.34. The van der Waals surface area contributed by atoms with Gasteiger partial charge < -0.3 is 4.90 Å². The number of benzene rings is 1. The molecular formula is C15H18N2O3S2. The van der Waals surface area contributed by atoms with Crippen molar-refractivity contribution in [2.75, 3.05) is 16.4 Å². The summed E-state index contributed by atoms with van der Waals surface area (Å²) in [6.07, 6.45) is 0.347. The average molecular weight is 338 g/mol. The van der Waals surface area contributed by atoms with E-state index in [1.165, 1.54) is 11.8 Å². The number of fused-ring (bicyclic) bond motifs is 1. The number of amidine groups is 1. The summed E-state index contributed by atoms with van der Waals surface area (Å²) in [5.74, 6) is 0.103. The molecule has 0 spiro atoms. The quantitative estimate of drug-likeness (QED) is 0.825. The molecule has 0 radical (unpaired) electrons. The molecule has 2 heterocycles. The zero-order valence-corrected chi connectivity index (χ0v) is 14.2. The maximum atomic E-state index is 11.9. The molecule has 0 unspecified atom stereocenters. The molecule has 1 aromatic carbocycles. The molecular weight excluding hydrogens is 320 g/mol. The summed E-state index contributed by atoms with van der Waals surface area (Å²) in [5.41, 5.74) is 1.98. The maximum Gasteiger partial charge on any atom is 0.247 e. The molecule has 1 aromatic rings. The molecule has 0 N–H and O–H groups in total. The maximum absolute atomic E-state index is 11.9. The summed E-state index contributed by atoms with van der Waals surface area (Å²) in [4.78, 5) is 17.9. The van der Waals surface area contributed by atoms with Gasteiger partial charge in [0.05, 0.1) is 17.5 Å². The molecule has 2 aliphatic rings. The van der Waals surface area contributed by atoms with Gasteiger partial charge in [-0.1, -0.05) is 36.9 Å². The fourth-order valence-electron chi connectivity index (χ4n) is 2.87. The fraction of sp³-hybridized carbons (Fsp3) is 0.467. The Balaban J connectivity index is 2.05. The van der Waals surface area contributed by atoms with Crippen molar-refractivity contribution in [3.05, 3.63) is 29.8 Å². The molecule has 1 amide bonds. The lowest BCUT2D eigenvalue weighted by Gasteiger charge is -2.26. The highest BCUT2D eigenvalue weighted by molar-refractivity contribution is 8.16. The first-order valence-corrected chi connectivity index (χ1v) is 9.95. The van der Waals surface area contributed by atoms with Crippen LogP contribution in [-0.2, 0) is 14.6 Å². The molecule has 0 aromatic heterocycles. The summed E-state index contributed by atoms with van der Waals surface area (Å²) in [7, 11) is -3.02. The number of carbonyl (C=O) groups excluding carboxylic acids is 1. The van der Waals surface area contributed by atoms with Crippen molar-refractivity contribution in [1.82, 2.24) is 0 Å². The zero-order chi connectivity index (χ0) is 15.9. The Kier molecular flexibility index (Phi) is 4.03. The molecule has 2 saturated heterocycles. The molecule has 22 heavy (non-hydrogen) atoms. The summed E-state index contributed by atoms with van der Waals surface area (Å²) in [6, 6.07) is 7.66. The molecule has 118 valence electrons. The average Bonchev–Trinajstić information content (AvgIpc) is 2.91. The van der Waals surface area contributed by atoms with E-state index >= 15 is 0 Å². The van der Waals surface area contributed by atoms with Crippen LogP contribution in [0.4, 0.5) is 5.69 Å². The van der Waals surface area contributed by atoms with Gasteiger partial charge in [0.25, 0.3) is 0 Å². The molecule has 2 atom stereocenters. The number of aryl methyl sites for hydroxylation is 1. The molecule has 3 rings (SSSR count). The number of sulfone groups is 1. The van der Waals surface area contributed by atoms with E-state index in [1.807, 2.05) is 36.1 Å². The molecule has 2 aliphatic heterocycles. The lowest BCUT2D eigenvalue weighted by molar-refractivity contribution is -0.117. The van der Waals surface area contributed by atoms with Crippen LogP contribution >= 0.6 is 11.8 Å². The Bertz CT molecular complexity index is 743. The molecule has 7 heteroatoms. The van der Waals surface area contributed by atoms with Crippen LogP contribution in [0.5, 0.6) is 0 Å². The predicted octanol–water partition coefficient (Wildman–Crippen LogP) is 2.01. The SMILES string of the molecule is CCC(=O)N=C1S[C@H]2CS(=O)(=O)C[C@H]2N1c1ccccc1C. The van der Waals surface area contributed by atoms with Crippen LogP contribution in [0.15, 0.2) is 29.3 Å². The molecule has 2 fully saturated rings. The van der Waals surface area contributed by atoms with Crippen molar-refractivity contribution in [3.8, 4) is 0 Å². The summed E-state index contributed by atoms with van der Waals surface area (Å²) in [5, 5.41) is 0.582. The van der Waals surface area contributed by atoms with Gasteiger partial charge in [-0.05, 0) is 18.6 Å². The van der Waals surface area contributed by atoms with Crippen molar-refractivity contribution in [1.29, 1.82) is 0 Å². The zero-order valence-electron chi connectivity index (χ0n) is 12.5. The third-order valence-corrected chi connectivity index (χ3v) is 7.17. The van der Waals surface area contributed by atoms with E-state index in [0.29, 0.717) is 11.6 Å². The number of amides is 1. The fourth-order valence-corrected chi connectivity index (χ4v) is 6.79. The molecule has 5 nitrogen and oxygen atoms in total. The number of para-hydroxylation sites is 1. The number of nitrogens with zero attached hydrogens (tertiary/aromatic N) is 2. The second kappa shape index (κ2) is 5.70. The van der Waals surface area contributed by atoms with Gasteiger partial charge in [0.2, 0.25) is 5.91 Å². The Labute approximate surface area is 134 Å². The summed E-state index contributed by atoms with van der Waals surface area (Å²) >= 11 is 1.41. The van der Waals surface area contributed by atoms with Crippen LogP contribution in [0.2, 0.25) is 0 Å². The smallest absolute Gasteiger partial charge is 0.247 e. The topological polar surface area (TPSA) is 66.8 Å². The van der Waals surface area contributed by atoms with Gasteiger partial charge in [-0.25, -0.2) is 8.42 Å². The van der Waals surface area contributed by atoms with Gasteiger partial charge in [-0.2, -0.15) is 4.99 Å². The molecule has 0 saturated carbocycles. The van der Waals surface area contributed by atoms with E-state index in [1.54, 1.807) is 6.92 Å². The largest absolute Gasteiger partial charge is 0.315 e. The first-order chi connectivity index (χ1) is 10.4. The number of thioether (sulfide) groups is 1. The Morgan fingerprint density at radius 1 is 1.36 bits per heavy atom. The van der Waals surface area contributed by atoms with Crippen LogP contribution in [0.1, 0.15) is 18.9 Å². The van der Waals surface area contributed by atoms with Crippen molar-refractivity contribution < 1.29 is 13.2 Å². The second-order valence-electron chi connectivity index (χ2n) is 5.60. The minimum absolute atomic E-state index is 0.0481. The van der Waals surface area contributed by atoms with E-state index < -0.39 is 9.84 Å². The third-order valence-electron chi connectivity index (χ3n) is 3.96.